The monoisotopic (exact) mass is 558 g/mol. The number of nitrogens with one attached hydrogen (secondary N) is 1. The molecular formula is C29H23ClN4O6. The standard InChI is InChI=1S/C29H23ClN4O6/c30-19-11-14-22-21(15-19)27(18-5-2-1-3-6-18)28(29(38)31-22)23-16-24(17-9-12-20(13-10-17)34(39)40)33(32-23)25(35)7-4-8-26(36)37/h1-3,5-6,9-15,24H,4,7-8,16H2,(H,31,38)(H,36,37). The number of fused-ring (bicyclic) bond motifs is 1. The summed E-state index contributed by atoms with van der Waals surface area (Å²) in [5.41, 5.74) is 2.71. The van der Waals surface area contributed by atoms with Crippen molar-refractivity contribution >= 4 is 45.8 Å². The molecule has 1 amide bonds. The summed E-state index contributed by atoms with van der Waals surface area (Å²) in [6.45, 7) is 0. The average molecular weight is 559 g/mol. The SMILES string of the molecule is O=C(O)CCCC(=O)N1N=C(c2c(-c3ccccc3)c3cc(Cl)ccc3[nH]c2=O)CC1c1ccc([N+](=O)[O-])cc1. The number of carbonyl (C=O) groups is 2. The number of amides is 1. The Morgan fingerprint density at radius 1 is 1.05 bits per heavy atom. The first-order valence-electron chi connectivity index (χ1n) is 12.5. The number of carboxylic acids is 1. The molecule has 0 spiro atoms. The Balaban J connectivity index is 1.65. The number of carbonyl (C=O) groups excluding carboxylic acids is 1. The number of hydrazone groups is 1. The predicted molar refractivity (Wildman–Crippen MR) is 150 cm³/mol. The fourth-order valence-corrected chi connectivity index (χ4v) is 5.09. The van der Waals surface area contributed by atoms with E-state index in [0.717, 1.165) is 5.56 Å². The lowest BCUT2D eigenvalue weighted by molar-refractivity contribution is -0.384. The number of hydrogen-bond donors (Lipinski definition) is 2. The van der Waals surface area contributed by atoms with Crippen LogP contribution in [0.3, 0.4) is 0 Å². The lowest BCUT2D eigenvalue weighted by Crippen LogP contribution is -2.27. The van der Waals surface area contributed by atoms with Crippen molar-refractivity contribution < 1.29 is 19.6 Å². The highest BCUT2D eigenvalue weighted by Gasteiger charge is 2.35. The van der Waals surface area contributed by atoms with Gasteiger partial charge in [0.1, 0.15) is 0 Å². The summed E-state index contributed by atoms with van der Waals surface area (Å²) in [6, 6.07) is 19.6. The second-order valence-electron chi connectivity index (χ2n) is 9.36. The zero-order chi connectivity index (χ0) is 28.4. The zero-order valence-corrected chi connectivity index (χ0v) is 21.8. The maximum absolute atomic E-state index is 13.6. The number of halogens is 1. The second-order valence-corrected chi connectivity index (χ2v) is 9.80. The summed E-state index contributed by atoms with van der Waals surface area (Å²) in [7, 11) is 0. The van der Waals surface area contributed by atoms with Crippen LogP contribution >= 0.6 is 11.6 Å². The first-order valence-corrected chi connectivity index (χ1v) is 12.9. The van der Waals surface area contributed by atoms with Crippen molar-refractivity contribution in [3.05, 3.63) is 109 Å². The molecule has 4 aromatic rings. The van der Waals surface area contributed by atoms with Crippen molar-refractivity contribution in [3.8, 4) is 11.1 Å². The Kier molecular flexibility index (Phi) is 7.43. The van der Waals surface area contributed by atoms with E-state index in [2.05, 4.69) is 10.1 Å². The van der Waals surface area contributed by atoms with Crippen LogP contribution in [0, 0.1) is 10.1 Å². The van der Waals surface area contributed by atoms with Crippen molar-refractivity contribution in [1.29, 1.82) is 0 Å². The Labute approximate surface area is 232 Å². The van der Waals surface area contributed by atoms with E-state index in [1.165, 1.54) is 17.1 Å². The average Bonchev–Trinajstić information content (AvgIpc) is 3.38. The van der Waals surface area contributed by atoms with Crippen LogP contribution in [0.5, 0.6) is 0 Å². The summed E-state index contributed by atoms with van der Waals surface area (Å²) < 4.78 is 0. The Bertz CT molecular complexity index is 1720. The number of aromatic nitrogens is 1. The van der Waals surface area contributed by atoms with Gasteiger partial charge in [0.05, 0.1) is 22.2 Å². The maximum atomic E-state index is 13.6. The number of aromatic amines is 1. The highest BCUT2D eigenvalue weighted by atomic mass is 35.5. The van der Waals surface area contributed by atoms with Crippen LogP contribution in [0.1, 0.15) is 42.9 Å². The van der Waals surface area contributed by atoms with Crippen LogP contribution < -0.4 is 5.56 Å². The minimum atomic E-state index is -1.01. The number of non-ortho nitro benzene ring substituents is 1. The molecule has 0 fully saturated rings. The molecule has 1 aromatic heterocycles. The van der Waals surface area contributed by atoms with E-state index in [4.69, 9.17) is 16.7 Å². The van der Waals surface area contributed by atoms with Crippen LogP contribution in [0.15, 0.2) is 82.7 Å². The van der Waals surface area contributed by atoms with Crippen molar-refractivity contribution in [2.75, 3.05) is 0 Å². The molecule has 1 unspecified atom stereocenters. The number of rotatable bonds is 8. The van der Waals surface area contributed by atoms with Gasteiger partial charge in [0.15, 0.2) is 0 Å². The molecule has 0 saturated carbocycles. The van der Waals surface area contributed by atoms with E-state index in [9.17, 15) is 24.5 Å². The number of benzene rings is 3. The molecule has 2 N–H and O–H groups in total. The number of H-pyrrole nitrogens is 1. The molecule has 1 atom stereocenters. The van der Waals surface area contributed by atoms with Gasteiger partial charge in [-0.25, -0.2) is 5.01 Å². The summed E-state index contributed by atoms with van der Waals surface area (Å²) >= 11 is 6.34. The number of nitro groups is 1. The fourth-order valence-electron chi connectivity index (χ4n) is 4.92. The van der Waals surface area contributed by atoms with Crippen LogP contribution in [-0.2, 0) is 9.59 Å². The van der Waals surface area contributed by atoms with Crippen molar-refractivity contribution in [2.24, 2.45) is 5.10 Å². The van der Waals surface area contributed by atoms with Gasteiger partial charge in [-0.15, -0.1) is 0 Å². The number of nitrogens with zero attached hydrogens (tertiary/aromatic N) is 3. The predicted octanol–water partition coefficient (Wildman–Crippen LogP) is 5.69. The first kappa shape index (κ1) is 26.8. The van der Waals surface area contributed by atoms with Gasteiger partial charge < -0.3 is 10.1 Å². The normalized spacial score (nSPS) is 14.8. The third-order valence-electron chi connectivity index (χ3n) is 6.76. The highest BCUT2D eigenvalue weighted by molar-refractivity contribution is 6.31. The van der Waals surface area contributed by atoms with Crippen LogP contribution in [0.4, 0.5) is 5.69 Å². The molecule has 0 saturated heterocycles. The summed E-state index contributed by atoms with van der Waals surface area (Å²) in [6.07, 6.45) is 0.0354. The van der Waals surface area contributed by atoms with Gasteiger partial charge in [-0.2, -0.15) is 5.10 Å². The van der Waals surface area contributed by atoms with Crippen LogP contribution in [-0.4, -0.2) is 37.6 Å². The Morgan fingerprint density at radius 2 is 1.77 bits per heavy atom. The summed E-state index contributed by atoms with van der Waals surface area (Å²) in [5, 5.41) is 27.2. The molecule has 0 aliphatic carbocycles. The number of pyridine rings is 1. The molecule has 11 heteroatoms. The molecule has 1 aliphatic rings. The minimum Gasteiger partial charge on any atom is -0.481 e. The third kappa shape index (κ3) is 5.34. The van der Waals surface area contributed by atoms with Crippen LogP contribution in [0.25, 0.3) is 22.0 Å². The van der Waals surface area contributed by atoms with Crippen molar-refractivity contribution in [3.63, 3.8) is 0 Å². The van der Waals surface area contributed by atoms with E-state index < -0.39 is 28.4 Å². The van der Waals surface area contributed by atoms with Gasteiger partial charge in [0, 0.05) is 52.9 Å². The van der Waals surface area contributed by atoms with Gasteiger partial charge in [0.2, 0.25) is 5.91 Å². The van der Waals surface area contributed by atoms with E-state index in [0.29, 0.717) is 32.8 Å². The number of nitro benzene ring substituents is 1. The fraction of sp³-hybridized carbons (Fsp3) is 0.172. The van der Waals surface area contributed by atoms with Gasteiger partial charge in [0.25, 0.3) is 11.2 Å². The smallest absolute Gasteiger partial charge is 0.303 e. The topological polar surface area (TPSA) is 146 Å². The van der Waals surface area contributed by atoms with Crippen molar-refractivity contribution in [2.45, 2.75) is 31.7 Å². The Hall–Kier alpha value is -4.83. The maximum Gasteiger partial charge on any atom is 0.303 e. The number of aliphatic carboxylic acids is 1. The van der Waals surface area contributed by atoms with Crippen molar-refractivity contribution in [1.82, 2.24) is 9.99 Å². The van der Waals surface area contributed by atoms with E-state index in [-0.39, 0.29) is 36.9 Å². The molecule has 40 heavy (non-hydrogen) atoms. The van der Waals surface area contributed by atoms with Crippen LogP contribution in [0.2, 0.25) is 5.02 Å². The molecule has 3 aromatic carbocycles. The molecule has 5 rings (SSSR count). The summed E-state index contributed by atoms with van der Waals surface area (Å²) in [5.74, 6) is -1.43. The lowest BCUT2D eigenvalue weighted by atomic mass is 9.91. The van der Waals surface area contributed by atoms with Gasteiger partial charge in [-0.3, -0.25) is 24.5 Å². The minimum absolute atomic E-state index is 0.0677. The third-order valence-corrected chi connectivity index (χ3v) is 7.00. The Morgan fingerprint density at radius 3 is 2.45 bits per heavy atom. The molecular weight excluding hydrogens is 536 g/mol. The second kappa shape index (κ2) is 11.1. The lowest BCUT2D eigenvalue weighted by Gasteiger charge is -2.22. The molecule has 0 radical (unpaired) electrons. The van der Waals surface area contributed by atoms with E-state index >= 15 is 0 Å². The number of carboxylic acid groups (broad SMARTS) is 1. The quantitative estimate of drug-likeness (QED) is 0.210. The van der Waals surface area contributed by atoms with Gasteiger partial charge >= 0.3 is 5.97 Å². The van der Waals surface area contributed by atoms with E-state index in [1.807, 2.05) is 30.3 Å². The van der Waals surface area contributed by atoms with Gasteiger partial charge in [-0.1, -0.05) is 54.1 Å². The molecule has 0 bridgehead atoms. The highest BCUT2D eigenvalue weighted by Crippen LogP contribution is 2.38. The molecule has 10 nitrogen and oxygen atoms in total. The van der Waals surface area contributed by atoms with E-state index in [1.54, 1.807) is 30.3 Å². The number of hydrogen-bond acceptors (Lipinski definition) is 6. The summed E-state index contributed by atoms with van der Waals surface area (Å²) in [4.78, 5) is 51.4. The van der Waals surface area contributed by atoms with Gasteiger partial charge in [-0.05, 0) is 35.7 Å². The largest absolute Gasteiger partial charge is 0.481 e. The molecule has 1 aliphatic heterocycles. The molecule has 2 heterocycles. The first-order chi connectivity index (χ1) is 19.2. The zero-order valence-electron chi connectivity index (χ0n) is 21.0. The molecule has 202 valence electrons.